The van der Waals surface area contributed by atoms with E-state index in [-0.39, 0.29) is 16.5 Å². The maximum absolute atomic E-state index is 12.1. The van der Waals surface area contributed by atoms with Gasteiger partial charge in [-0.3, -0.25) is 4.79 Å². The van der Waals surface area contributed by atoms with Crippen LogP contribution in [0.4, 0.5) is 5.82 Å². The first-order valence-electron chi connectivity index (χ1n) is 5.81. The molecule has 1 aromatic heterocycles. The lowest BCUT2D eigenvalue weighted by molar-refractivity contribution is 0.200. The van der Waals surface area contributed by atoms with Gasteiger partial charge in [0.05, 0.1) is 12.0 Å². The van der Waals surface area contributed by atoms with Gasteiger partial charge in [-0.25, -0.2) is 4.98 Å². The number of nitrogens with one attached hydrogen (secondary N) is 1. The molecule has 1 atom stereocenters. The molecule has 6 heteroatoms. The minimum atomic E-state index is -0.274. The molecule has 0 amide bonds. The number of rotatable bonds is 5. The van der Waals surface area contributed by atoms with Crippen molar-refractivity contribution in [2.75, 3.05) is 25.6 Å². The molecule has 0 aliphatic carbocycles. The van der Waals surface area contributed by atoms with Crippen LogP contribution in [-0.2, 0) is 10.3 Å². The van der Waals surface area contributed by atoms with Crippen molar-refractivity contribution in [1.82, 2.24) is 9.55 Å². The van der Waals surface area contributed by atoms with Crippen LogP contribution in [0.2, 0.25) is 0 Å². The molecule has 0 saturated heterocycles. The normalized spacial score (nSPS) is 13.4. The maximum atomic E-state index is 12.1. The number of ether oxygens (including phenoxy) is 1. The van der Waals surface area contributed by atoms with Crippen molar-refractivity contribution in [1.29, 1.82) is 0 Å². The Hall–Kier alpha value is -1.07. The number of hydrogen-bond donors (Lipinski definition) is 1. The van der Waals surface area contributed by atoms with E-state index in [2.05, 4.69) is 10.3 Å². The number of anilines is 1. The molecule has 18 heavy (non-hydrogen) atoms. The van der Waals surface area contributed by atoms with Gasteiger partial charge in [-0.05, 0) is 20.8 Å². The number of alkyl halides is 1. The summed E-state index contributed by atoms with van der Waals surface area (Å²) >= 11 is 5.99. The molecule has 1 aromatic rings. The summed E-state index contributed by atoms with van der Waals surface area (Å²) in [5.74, 6) is 0.314. The highest BCUT2D eigenvalue weighted by Gasteiger charge is 2.16. The van der Waals surface area contributed by atoms with Crippen molar-refractivity contribution in [3.8, 4) is 0 Å². The van der Waals surface area contributed by atoms with Crippen LogP contribution in [0.5, 0.6) is 0 Å². The summed E-state index contributed by atoms with van der Waals surface area (Å²) in [6.07, 6.45) is 3.29. The van der Waals surface area contributed by atoms with Crippen LogP contribution in [0.15, 0.2) is 17.2 Å². The van der Waals surface area contributed by atoms with Crippen molar-refractivity contribution < 1.29 is 4.74 Å². The maximum Gasteiger partial charge on any atom is 0.293 e. The lowest BCUT2D eigenvalue weighted by atomic mass is 10.1. The van der Waals surface area contributed by atoms with Gasteiger partial charge in [0.25, 0.3) is 5.56 Å². The van der Waals surface area contributed by atoms with Crippen molar-refractivity contribution in [3.05, 3.63) is 22.7 Å². The first kappa shape index (κ1) is 15.0. The lowest BCUT2D eigenvalue weighted by Gasteiger charge is -2.22. The molecule has 0 aromatic carbocycles. The Bertz CT molecular complexity index is 440. The van der Waals surface area contributed by atoms with E-state index in [1.807, 2.05) is 20.8 Å². The van der Waals surface area contributed by atoms with Gasteiger partial charge in [-0.1, -0.05) is 0 Å². The summed E-state index contributed by atoms with van der Waals surface area (Å²) in [4.78, 5) is 16.2. The Morgan fingerprint density at radius 1 is 1.56 bits per heavy atom. The smallest absolute Gasteiger partial charge is 0.293 e. The van der Waals surface area contributed by atoms with Crippen molar-refractivity contribution in [2.45, 2.75) is 31.7 Å². The first-order chi connectivity index (χ1) is 8.36. The van der Waals surface area contributed by atoms with Gasteiger partial charge in [-0.2, -0.15) is 0 Å². The fourth-order valence-corrected chi connectivity index (χ4v) is 1.71. The molecule has 0 bridgehead atoms. The summed E-state index contributed by atoms with van der Waals surface area (Å²) in [6, 6.07) is 0. The fourth-order valence-electron chi connectivity index (χ4n) is 1.51. The quantitative estimate of drug-likeness (QED) is 0.829. The molecule has 0 saturated carbocycles. The summed E-state index contributed by atoms with van der Waals surface area (Å²) in [5, 5.41) is 2.76. The van der Waals surface area contributed by atoms with E-state index in [1.165, 1.54) is 0 Å². The highest BCUT2D eigenvalue weighted by atomic mass is 35.5. The minimum Gasteiger partial charge on any atom is -0.383 e. The molecule has 0 radical (unpaired) electrons. The van der Waals surface area contributed by atoms with Crippen LogP contribution in [0.1, 0.15) is 20.8 Å². The zero-order valence-electron chi connectivity index (χ0n) is 11.2. The van der Waals surface area contributed by atoms with E-state index in [1.54, 1.807) is 24.1 Å². The summed E-state index contributed by atoms with van der Waals surface area (Å²) in [6.45, 7) is 6.76. The van der Waals surface area contributed by atoms with Gasteiger partial charge in [0.15, 0.2) is 5.82 Å². The number of methoxy groups -OCH3 is 1. The lowest BCUT2D eigenvalue weighted by Crippen LogP contribution is -2.36. The Morgan fingerprint density at radius 2 is 2.22 bits per heavy atom. The summed E-state index contributed by atoms with van der Waals surface area (Å²) < 4.78 is 6.57. The average molecular weight is 274 g/mol. The van der Waals surface area contributed by atoms with Crippen LogP contribution in [-0.4, -0.2) is 35.2 Å². The third-order valence-electron chi connectivity index (χ3n) is 2.40. The second-order valence-electron chi connectivity index (χ2n) is 5.06. The Balaban J connectivity index is 2.82. The van der Waals surface area contributed by atoms with Crippen LogP contribution in [0.3, 0.4) is 0 Å². The Morgan fingerprint density at radius 3 is 2.78 bits per heavy atom. The fraction of sp³-hybridized carbons (Fsp3) is 0.667. The molecule has 0 aliphatic heterocycles. The van der Waals surface area contributed by atoms with Crippen LogP contribution in [0.25, 0.3) is 0 Å². The average Bonchev–Trinajstić information content (AvgIpc) is 2.26. The number of aromatic nitrogens is 2. The molecular formula is C12H20ClN3O2. The molecule has 1 N–H and O–H groups in total. The third kappa shape index (κ3) is 3.99. The predicted molar refractivity (Wildman–Crippen MR) is 73.5 cm³/mol. The largest absolute Gasteiger partial charge is 0.383 e. The molecule has 0 spiro atoms. The third-order valence-corrected chi connectivity index (χ3v) is 2.68. The second-order valence-corrected chi connectivity index (χ2v) is 5.67. The van der Waals surface area contributed by atoms with Crippen LogP contribution < -0.4 is 10.9 Å². The van der Waals surface area contributed by atoms with Crippen LogP contribution >= 0.6 is 11.6 Å². The van der Waals surface area contributed by atoms with E-state index in [9.17, 15) is 4.79 Å². The van der Waals surface area contributed by atoms with Crippen molar-refractivity contribution >= 4 is 17.4 Å². The first-order valence-corrected chi connectivity index (χ1v) is 6.25. The van der Waals surface area contributed by atoms with E-state index >= 15 is 0 Å². The summed E-state index contributed by atoms with van der Waals surface area (Å²) in [7, 11) is 1.59. The van der Waals surface area contributed by atoms with E-state index in [0.29, 0.717) is 19.0 Å². The van der Waals surface area contributed by atoms with Gasteiger partial charge in [-0.15, -0.1) is 11.6 Å². The monoisotopic (exact) mass is 273 g/mol. The Labute approximate surface area is 112 Å². The molecule has 1 heterocycles. The van der Waals surface area contributed by atoms with Crippen molar-refractivity contribution in [2.24, 2.45) is 0 Å². The summed E-state index contributed by atoms with van der Waals surface area (Å²) in [5.41, 5.74) is -0.421. The van der Waals surface area contributed by atoms with Gasteiger partial charge in [0.2, 0.25) is 0 Å². The zero-order valence-corrected chi connectivity index (χ0v) is 12.0. The molecular weight excluding hydrogens is 254 g/mol. The van der Waals surface area contributed by atoms with Crippen molar-refractivity contribution in [3.63, 3.8) is 0 Å². The van der Waals surface area contributed by atoms with Gasteiger partial charge < -0.3 is 14.6 Å². The van der Waals surface area contributed by atoms with Gasteiger partial charge >= 0.3 is 0 Å². The second kappa shape index (κ2) is 6.20. The number of halogens is 1. The molecule has 1 unspecified atom stereocenters. The topological polar surface area (TPSA) is 56.1 Å². The number of nitrogens with zero attached hydrogens (tertiary/aromatic N) is 2. The van der Waals surface area contributed by atoms with E-state index in [4.69, 9.17) is 16.3 Å². The highest BCUT2D eigenvalue weighted by molar-refractivity contribution is 6.21. The standard InChI is InChI=1S/C12H20ClN3O2/c1-12(2,3)16-6-5-14-10(11(16)17)15-7-9(13)8-18-4/h5-6,9H,7-8H2,1-4H3,(H,14,15). The van der Waals surface area contributed by atoms with E-state index in [0.717, 1.165) is 0 Å². The van der Waals surface area contributed by atoms with Crippen LogP contribution in [0, 0.1) is 0 Å². The predicted octanol–water partition coefficient (Wildman–Crippen LogP) is 1.66. The number of hydrogen-bond acceptors (Lipinski definition) is 4. The molecule has 1 rings (SSSR count). The Kier molecular flexibility index (Phi) is 5.16. The van der Waals surface area contributed by atoms with Gasteiger partial charge in [0.1, 0.15) is 0 Å². The molecule has 102 valence electrons. The molecule has 0 aliphatic rings. The molecule has 5 nitrogen and oxygen atoms in total. The SMILES string of the molecule is COCC(Cl)CNc1nccn(C(C)(C)C)c1=O. The van der Waals surface area contributed by atoms with E-state index < -0.39 is 0 Å². The zero-order chi connectivity index (χ0) is 13.8. The minimum absolute atomic E-state index is 0.147. The van der Waals surface area contributed by atoms with Gasteiger partial charge in [0, 0.05) is 31.6 Å². The molecule has 0 fully saturated rings. The highest BCUT2D eigenvalue weighted by Crippen LogP contribution is 2.10.